The molecule has 0 unspecified atom stereocenters. The number of ether oxygens (including phenoxy) is 1. The van der Waals surface area contributed by atoms with Crippen molar-refractivity contribution in [3.63, 3.8) is 0 Å². The summed E-state index contributed by atoms with van der Waals surface area (Å²) in [5.74, 6) is -0.679. The van der Waals surface area contributed by atoms with Crippen molar-refractivity contribution >= 4 is 17.6 Å². The van der Waals surface area contributed by atoms with Gasteiger partial charge in [-0.25, -0.2) is 4.79 Å². The molecule has 0 radical (unpaired) electrons. The highest BCUT2D eigenvalue weighted by Gasteiger charge is 2.14. The van der Waals surface area contributed by atoms with Crippen LogP contribution in [0.1, 0.15) is 39.6 Å². The van der Waals surface area contributed by atoms with Gasteiger partial charge in [-0.1, -0.05) is 36.8 Å². The summed E-state index contributed by atoms with van der Waals surface area (Å²) >= 11 is 0. The van der Waals surface area contributed by atoms with Crippen LogP contribution in [0.3, 0.4) is 0 Å². The van der Waals surface area contributed by atoms with Gasteiger partial charge in [0.05, 0.1) is 17.9 Å². The molecule has 0 aliphatic carbocycles. The third-order valence-corrected chi connectivity index (χ3v) is 3.11. The molecule has 0 saturated heterocycles. The number of hydrogen-bond donors (Lipinski definition) is 1. The fourth-order valence-corrected chi connectivity index (χ4v) is 2.02. The molecule has 1 N–H and O–H groups in total. The van der Waals surface area contributed by atoms with E-state index in [0.717, 1.165) is 12.0 Å². The largest absolute Gasteiger partial charge is 0.462 e. The number of amides is 1. The van der Waals surface area contributed by atoms with Crippen LogP contribution in [-0.2, 0) is 4.74 Å². The summed E-state index contributed by atoms with van der Waals surface area (Å²) in [5, 5.41) is 2.77. The van der Waals surface area contributed by atoms with Crippen molar-refractivity contribution in [3.8, 4) is 0 Å². The first-order valence-corrected chi connectivity index (χ1v) is 7.26. The lowest BCUT2D eigenvalue weighted by Crippen LogP contribution is -2.16. The minimum atomic E-state index is -0.429. The molecule has 1 amide bonds. The molecule has 0 aliphatic rings. The molecule has 0 aliphatic heterocycles. The van der Waals surface area contributed by atoms with Crippen LogP contribution in [0.2, 0.25) is 0 Å². The maximum Gasteiger partial charge on any atom is 0.340 e. The van der Waals surface area contributed by atoms with E-state index < -0.39 is 5.97 Å². The molecule has 2 rings (SSSR count). The van der Waals surface area contributed by atoms with Gasteiger partial charge >= 0.3 is 5.97 Å². The maximum absolute atomic E-state index is 12.3. The maximum atomic E-state index is 12.3. The summed E-state index contributed by atoms with van der Waals surface area (Å²) in [4.78, 5) is 24.3. The molecule has 2 aromatic carbocycles. The van der Waals surface area contributed by atoms with Crippen LogP contribution in [0.5, 0.6) is 0 Å². The van der Waals surface area contributed by atoms with Gasteiger partial charge in [-0.2, -0.15) is 0 Å². The van der Waals surface area contributed by atoms with Crippen LogP contribution in [0, 0.1) is 6.92 Å². The second-order valence-corrected chi connectivity index (χ2v) is 5.01. The van der Waals surface area contributed by atoms with E-state index in [0.29, 0.717) is 23.4 Å². The molecule has 0 heterocycles. The second kappa shape index (κ2) is 7.41. The number of aryl methyl sites for hydroxylation is 1. The Morgan fingerprint density at radius 2 is 1.86 bits per heavy atom. The topological polar surface area (TPSA) is 55.4 Å². The van der Waals surface area contributed by atoms with Gasteiger partial charge in [-0.15, -0.1) is 0 Å². The van der Waals surface area contributed by atoms with Gasteiger partial charge in [-0.05, 0) is 37.6 Å². The summed E-state index contributed by atoms with van der Waals surface area (Å²) < 4.78 is 5.13. The molecule has 0 atom stereocenters. The van der Waals surface area contributed by atoms with Gasteiger partial charge < -0.3 is 10.1 Å². The van der Waals surface area contributed by atoms with Crippen molar-refractivity contribution in [2.45, 2.75) is 20.3 Å². The van der Waals surface area contributed by atoms with E-state index in [4.69, 9.17) is 4.74 Å². The van der Waals surface area contributed by atoms with E-state index >= 15 is 0 Å². The lowest BCUT2D eigenvalue weighted by molar-refractivity contribution is 0.0506. The molecule has 4 nitrogen and oxygen atoms in total. The Morgan fingerprint density at radius 3 is 2.59 bits per heavy atom. The standard InChI is InChI=1S/C18H19NO3/c1-3-11-22-18(21)15-9-4-5-10-16(15)19-17(20)14-8-6-7-13(2)12-14/h4-10,12H,3,11H2,1-2H3,(H,19,20). The SMILES string of the molecule is CCCOC(=O)c1ccccc1NC(=O)c1cccc(C)c1. The summed E-state index contributed by atoms with van der Waals surface area (Å²) in [6.45, 7) is 4.21. The van der Waals surface area contributed by atoms with E-state index in [2.05, 4.69) is 5.32 Å². The zero-order chi connectivity index (χ0) is 15.9. The first-order valence-electron chi connectivity index (χ1n) is 7.26. The van der Waals surface area contributed by atoms with Gasteiger partial charge in [0, 0.05) is 5.56 Å². The minimum absolute atomic E-state index is 0.251. The lowest BCUT2D eigenvalue weighted by Gasteiger charge is -2.11. The Balaban J connectivity index is 2.19. The molecular weight excluding hydrogens is 278 g/mol. The third-order valence-electron chi connectivity index (χ3n) is 3.11. The van der Waals surface area contributed by atoms with E-state index in [1.54, 1.807) is 36.4 Å². The molecule has 4 heteroatoms. The van der Waals surface area contributed by atoms with Gasteiger partial charge in [0.15, 0.2) is 0 Å². The molecule has 22 heavy (non-hydrogen) atoms. The number of anilines is 1. The van der Waals surface area contributed by atoms with Crippen molar-refractivity contribution in [2.75, 3.05) is 11.9 Å². The van der Waals surface area contributed by atoms with Crippen LogP contribution in [0.15, 0.2) is 48.5 Å². The Labute approximate surface area is 130 Å². The van der Waals surface area contributed by atoms with Gasteiger partial charge in [0.25, 0.3) is 5.91 Å². The highest BCUT2D eigenvalue weighted by atomic mass is 16.5. The van der Waals surface area contributed by atoms with Crippen molar-refractivity contribution < 1.29 is 14.3 Å². The minimum Gasteiger partial charge on any atom is -0.462 e. The monoisotopic (exact) mass is 297 g/mol. The van der Waals surface area contributed by atoms with Crippen LogP contribution in [-0.4, -0.2) is 18.5 Å². The average molecular weight is 297 g/mol. The number of rotatable bonds is 5. The highest BCUT2D eigenvalue weighted by Crippen LogP contribution is 2.18. The van der Waals surface area contributed by atoms with Crippen LogP contribution >= 0.6 is 0 Å². The number of nitrogens with one attached hydrogen (secondary N) is 1. The molecule has 114 valence electrons. The molecule has 2 aromatic rings. The second-order valence-electron chi connectivity index (χ2n) is 5.01. The Bertz CT molecular complexity index is 680. The summed E-state index contributed by atoms with van der Waals surface area (Å²) in [7, 11) is 0. The van der Waals surface area contributed by atoms with Crippen LogP contribution < -0.4 is 5.32 Å². The van der Waals surface area contributed by atoms with Crippen molar-refractivity contribution in [3.05, 3.63) is 65.2 Å². The van der Waals surface area contributed by atoms with E-state index in [1.165, 1.54) is 0 Å². The number of hydrogen-bond acceptors (Lipinski definition) is 3. The highest BCUT2D eigenvalue weighted by molar-refractivity contribution is 6.08. The van der Waals surface area contributed by atoms with E-state index in [-0.39, 0.29) is 5.91 Å². The predicted molar refractivity (Wildman–Crippen MR) is 86.1 cm³/mol. The Hall–Kier alpha value is -2.62. The quantitative estimate of drug-likeness (QED) is 0.854. The van der Waals surface area contributed by atoms with Crippen LogP contribution in [0.4, 0.5) is 5.69 Å². The number of carbonyl (C=O) groups is 2. The zero-order valence-corrected chi connectivity index (χ0v) is 12.8. The predicted octanol–water partition coefficient (Wildman–Crippen LogP) is 3.81. The van der Waals surface area contributed by atoms with Crippen LogP contribution in [0.25, 0.3) is 0 Å². The Kier molecular flexibility index (Phi) is 5.31. The first-order chi connectivity index (χ1) is 10.6. The van der Waals surface area contributed by atoms with Crippen molar-refractivity contribution in [1.29, 1.82) is 0 Å². The van der Waals surface area contributed by atoms with Crippen molar-refractivity contribution in [2.24, 2.45) is 0 Å². The van der Waals surface area contributed by atoms with Gasteiger partial charge in [-0.3, -0.25) is 4.79 Å². The normalized spacial score (nSPS) is 10.1. The number of carbonyl (C=O) groups excluding carboxylic acids is 2. The molecular formula is C18H19NO3. The van der Waals surface area contributed by atoms with E-state index in [1.807, 2.05) is 26.0 Å². The van der Waals surface area contributed by atoms with Crippen molar-refractivity contribution in [1.82, 2.24) is 0 Å². The molecule has 0 spiro atoms. The summed E-state index contributed by atoms with van der Waals surface area (Å²) in [6.07, 6.45) is 0.754. The van der Waals surface area contributed by atoms with Gasteiger partial charge in [0.1, 0.15) is 0 Å². The molecule has 0 bridgehead atoms. The summed E-state index contributed by atoms with van der Waals surface area (Å²) in [5.41, 5.74) is 2.37. The fourth-order valence-electron chi connectivity index (χ4n) is 2.02. The smallest absolute Gasteiger partial charge is 0.340 e. The molecule has 0 fully saturated rings. The first kappa shape index (κ1) is 15.8. The lowest BCUT2D eigenvalue weighted by atomic mass is 10.1. The molecule has 0 saturated carbocycles. The molecule has 0 aromatic heterocycles. The number of para-hydroxylation sites is 1. The van der Waals surface area contributed by atoms with E-state index in [9.17, 15) is 9.59 Å². The Morgan fingerprint density at radius 1 is 1.09 bits per heavy atom. The average Bonchev–Trinajstić information content (AvgIpc) is 2.53. The summed E-state index contributed by atoms with van der Waals surface area (Å²) in [6, 6.07) is 14.1. The number of esters is 1. The zero-order valence-electron chi connectivity index (χ0n) is 12.8. The number of benzene rings is 2. The van der Waals surface area contributed by atoms with Gasteiger partial charge in [0.2, 0.25) is 0 Å². The fraction of sp³-hybridized carbons (Fsp3) is 0.222. The third kappa shape index (κ3) is 3.95.